The third-order valence-corrected chi connectivity index (χ3v) is 3.42. The summed E-state index contributed by atoms with van der Waals surface area (Å²) in [6.07, 6.45) is 0. The average molecular weight is 297 g/mol. The second kappa shape index (κ2) is 5.38. The summed E-state index contributed by atoms with van der Waals surface area (Å²) in [5, 5.41) is 14.0. The van der Waals surface area contributed by atoms with Crippen molar-refractivity contribution in [1.82, 2.24) is 4.98 Å². The number of amides is 1. The van der Waals surface area contributed by atoms with E-state index in [1.807, 2.05) is 0 Å². The molecule has 0 saturated carbocycles. The summed E-state index contributed by atoms with van der Waals surface area (Å²) in [7, 11) is 0. The number of nitrogens with zero attached hydrogens (tertiary/aromatic N) is 1. The number of carbonyl (C=O) groups excluding carboxylic acids is 1. The van der Waals surface area contributed by atoms with Crippen LogP contribution in [-0.2, 0) is 0 Å². The molecule has 0 aliphatic heterocycles. The van der Waals surface area contributed by atoms with Crippen molar-refractivity contribution in [2.24, 2.45) is 0 Å². The predicted molar refractivity (Wildman–Crippen MR) is 73.2 cm³/mol. The van der Waals surface area contributed by atoms with Gasteiger partial charge in [-0.3, -0.25) is 4.79 Å². The van der Waals surface area contributed by atoms with Crippen molar-refractivity contribution < 1.29 is 14.7 Å². The minimum absolute atomic E-state index is 0.0692. The quantitative estimate of drug-likeness (QED) is 0.912. The van der Waals surface area contributed by atoms with Crippen LogP contribution in [0.5, 0.6) is 0 Å². The summed E-state index contributed by atoms with van der Waals surface area (Å²) in [6, 6.07) is 4.50. The van der Waals surface area contributed by atoms with Crippen LogP contribution in [0.3, 0.4) is 0 Å². The lowest BCUT2D eigenvalue weighted by Gasteiger charge is -2.08. The molecule has 98 valence electrons. The van der Waals surface area contributed by atoms with Crippen LogP contribution < -0.4 is 5.32 Å². The van der Waals surface area contributed by atoms with Crippen LogP contribution in [0.1, 0.15) is 25.9 Å². The van der Waals surface area contributed by atoms with Crippen molar-refractivity contribution in [1.29, 1.82) is 0 Å². The van der Waals surface area contributed by atoms with Crippen LogP contribution in [0.25, 0.3) is 0 Å². The molecule has 0 radical (unpaired) electrons. The first-order valence-corrected chi connectivity index (χ1v) is 6.50. The molecule has 7 heteroatoms. The van der Waals surface area contributed by atoms with Crippen molar-refractivity contribution in [3.8, 4) is 0 Å². The van der Waals surface area contributed by atoms with Crippen LogP contribution >= 0.6 is 22.9 Å². The molecule has 5 nitrogen and oxygen atoms in total. The van der Waals surface area contributed by atoms with E-state index in [1.165, 1.54) is 23.5 Å². The molecule has 1 aromatic heterocycles. The maximum atomic E-state index is 11.9. The summed E-state index contributed by atoms with van der Waals surface area (Å²) < 4.78 is 0. The van der Waals surface area contributed by atoms with E-state index in [9.17, 15) is 9.59 Å². The first-order chi connectivity index (χ1) is 8.99. The van der Waals surface area contributed by atoms with E-state index in [-0.39, 0.29) is 22.0 Å². The van der Waals surface area contributed by atoms with Gasteiger partial charge in [-0.25, -0.2) is 9.78 Å². The molecule has 0 saturated heterocycles. The van der Waals surface area contributed by atoms with Crippen molar-refractivity contribution >= 4 is 40.5 Å². The number of carboxylic acid groups (broad SMARTS) is 1. The topological polar surface area (TPSA) is 79.3 Å². The van der Waals surface area contributed by atoms with Crippen LogP contribution in [0, 0.1) is 6.92 Å². The fourth-order valence-corrected chi connectivity index (χ4v) is 2.35. The van der Waals surface area contributed by atoms with Gasteiger partial charge in [-0.1, -0.05) is 17.7 Å². The number of hydrogen-bond donors (Lipinski definition) is 2. The lowest BCUT2D eigenvalue weighted by Crippen LogP contribution is -2.15. The molecule has 0 unspecified atom stereocenters. The minimum atomic E-state index is -1.20. The van der Waals surface area contributed by atoms with E-state index >= 15 is 0 Å². The summed E-state index contributed by atoms with van der Waals surface area (Å²) >= 11 is 7.15. The number of benzene rings is 1. The van der Waals surface area contributed by atoms with Gasteiger partial charge in [0.2, 0.25) is 0 Å². The Bertz CT molecular complexity index is 654. The predicted octanol–water partition coefficient (Wildman–Crippen LogP) is 3.06. The number of carboxylic acids is 1. The molecule has 2 rings (SSSR count). The molecule has 0 fully saturated rings. The summed E-state index contributed by atoms with van der Waals surface area (Å²) in [5.41, 5.74) is 0.263. The Labute approximate surface area is 117 Å². The monoisotopic (exact) mass is 296 g/mol. The number of hydrogen-bond acceptors (Lipinski definition) is 4. The largest absolute Gasteiger partial charge is 0.478 e. The number of halogens is 1. The number of carbonyl (C=O) groups is 2. The Morgan fingerprint density at radius 3 is 2.74 bits per heavy atom. The highest BCUT2D eigenvalue weighted by atomic mass is 35.5. The molecule has 1 heterocycles. The number of rotatable bonds is 3. The van der Waals surface area contributed by atoms with E-state index in [4.69, 9.17) is 16.7 Å². The maximum absolute atomic E-state index is 11.9. The molecular formula is C12H9ClN2O3S. The zero-order valence-corrected chi connectivity index (χ0v) is 11.4. The SMILES string of the molecule is Cc1nc(C(=O)Nc2cccc(Cl)c2C(=O)O)cs1. The molecule has 0 aliphatic rings. The van der Waals surface area contributed by atoms with Gasteiger partial charge in [-0.2, -0.15) is 0 Å². The van der Waals surface area contributed by atoms with E-state index in [1.54, 1.807) is 18.4 Å². The average Bonchev–Trinajstić information content (AvgIpc) is 2.75. The molecule has 0 atom stereocenters. The molecule has 1 amide bonds. The zero-order valence-electron chi connectivity index (χ0n) is 9.81. The van der Waals surface area contributed by atoms with Crippen molar-refractivity contribution in [3.05, 3.63) is 44.9 Å². The number of aromatic carboxylic acids is 1. The van der Waals surface area contributed by atoms with Crippen molar-refractivity contribution in [2.75, 3.05) is 5.32 Å². The van der Waals surface area contributed by atoms with Gasteiger partial charge < -0.3 is 10.4 Å². The maximum Gasteiger partial charge on any atom is 0.339 e. The third-order valence-electron chi connectivity index (χ3n) is 2.33. The smallest absolute Gasteiger partial charge is 0.339 e. The standard InChI is InChI=1S/C12H9ClN2O3S/c1-6-14-9(5-19-6)11(16)15-8-4-2-3-7(13)10(8)12(17)18/h2-5H,1H3,(H,15,16)(H,17,18). The first kappa shape index (κ1) is 13.5. The molecule has 0 aliphatic carbocycles. The third kappa shape index (κ3) is 2.91. The van der Waals surface area contributed by atoms with E-state index in [0.717, 1.165) is 5.01 Å². The normalized spacial score (nSPS) is 10.2. The lowest BCUT2D eigenvalue weighted by atomic mass is 10.1. The molecule has 1 aromatic carbocycles. The molecule has 19 heavy (non-hydrogen) atoms. The van der Waals surface area contributed by atoms with Crippen LogP contribution in [0.4, 0.5) is 5.69 Å². The second-order valence-electron chi connectivity index (χ2n) is 3.67. The van der Waals surface area contributed by atoms with E-state index in [2.05, 4.69) is 10.3 Å². The Hall–Kier alpha value is -1.92. The fraction of sp³-hybridized carbons (Fsp3) is 0.0833. The Morgan fingerprint density at radius 2 is 2.16 bits per heavy atom. The first-order valence-electron chi connectivity index (χ1n) is 5.24. The lowest BCUT2D eigenvalue weighted by molar-refractivity contribution is 0.0698. The molecule has 0 bridgehead atoms. The van der Waals surface area contributed by atoms with Gasteiger partial charge in [0.15, 0.2) is 0 Å². The molecular weight excluding hydrogens is 288 g/mol. The molecule has 2 N–H and O–H groups in total. The number of nitrogens with one attached hydrogen (secondary N) is 1. The van der Waals surface area contributed by atoms with Gasteiger partial charge in [-0.15, -0.1) is 11.3 Å². The van der Waals surface area contributed by atoms with Crippen LogP contribution in [-0.4, -0.2) is 22.0 Å². The Kier molecular flexibility index (Phi) is 3.82. The molecule has 2 aromatic rings. The highest BCUT2D eigenvalue weighted by Gasteiger charge is 2.17. The van der Waals surface area contributed by atoms with Gasteiger partial charge in [-0.05, 0) is 19.1 Å². The van der Waals surface area contributed by atoms with Crippen molar-refractivity contribution in [2.45, 2.75) is 6.92 Å². The summed E-state index contributed by atoms with van der Waals surface area (Å²) in [5.74, 6) is -1.66. The van der Waals surface area contributed by atoms with E-state index < -0.39 is 11.9 Å². The Balaban J connectivity index is 2.31. The highest BCUT2D eigenvalue weighted by molar-refractivity contribution is 7.09. The number of aryl methyl sites for hydroxylation is 1. The van der Waals surface area contributed by atoms with Crippen LogP contribution in [0.2, 0.25) is 5.02 Å². The summed E-state index contributed by atoms with van der Waals surface area (Å²) in [6.45, 7) is 1.78. The zero-order chi connectivity index (χ0) is 14.0. The van der Waals surface area contributed by atoms with Crippen molar-refractivity contribution in [3.63, 3.8) is 0 Å². The van der Waals surface area contributed by atoms with Gasteiger partial charge in [0.25, 0.3) is 5.91 Å². The minimum Gasteiger partial charge on any atom is -0.478 e. The summed E-state index contributed by atoms with van der Waals surface area (Å²) in [4.78, 5) is 27.1. The molecule has 0 spiro atoms. The second-order valence-corrected chi connectivity index (χ2v) is 5.14. The van der Waals surface area contributed by atoms with E-state index in [0.29, 0.717) is 0 Å². The van der Waals surface area contributed by atoms with Gasteiger partial charge in [0.1, 0.15) is 11.3 Å². The fourth-order valence-electron chi connectivity index (χ4n) is 1.50. The van der Waals surface area contributed by atoms with Gasteiger partial charge >= 0.3 is 5.97 Å². The van der Waals surface area contributed by atoms with Crippen LogP contribution in [0.15, 0.2) is 23.6 Å². The highest BCUT2D eigenvalue weighted by Crippen LogP contribution is 2.25. The van der Waals surface area contributed by atoms with Gasteiger partial charge in [0.05, 0.1) is 15.7 Å². The number of aromatic nitrogens is 1. The number of thiazole rings is 1. The number of anilines is 1. The van der Waals surface area contributed by atoms with Gasteiger partial charge in [0, 0.05) is 5.38 Å². The Morgan fingerprint density at radius 1 is 1.42 bits per heavy atom.